The second-order valence-electron chi connectivity index (χ2n) is 7.49. The summed E-state index contributed by atoms with van der Waals surface area (Å²) in [7, 11) is 1.55. The summed E-state index contributed by atoms with van der Waals surface area (Å²) < 4.78 is 12.2. The van der Waals surface area contributed by atoms with E-state index in [9.17, 15) is 9.59 Å². The normalized spacial score (nSPS) is 10.7. The van der Waals surface area contributed by atoms with Crippen LogP contribution in [0.2, 0.25) is 5.02 Å². The van der Waals surface area contributed by atoms with Crippen molar-refractivity contribution in [3.8, 4) is 11.5 Å². The molecular weight excluding hydrogens is 534 g/mol. The molecule has 0 fully saturated rings. The van der Waals surface area contributed by atoms with E-state index in [1.165, 1.54) is 6.21 Å². The Balaban J connectivity index is 1.42. The number of hydrogen-bond acceptors (Lipinski definition) is 5. The maximum absolute atomic E-state index is 12.0. The molecule has 0 saturated heterocycles. The van der Waals surface area contributed by atoms with Crippen molar-refractivity contribution in [2.45, 2.75) is 25.9 Å². The van der Waals surface area contributed by atoms with Gasteiger partial charge in [0.2, 0.25) is 11.8 Å². The average molecular weight is 559 g/mol. The smallest absolute Gasteiger partial charge is 0.240 e. The van der Waals surface area contributed by atoms with Crippen LogP contribution in [0.15, 0.2) is 76.3 Å². The number of hydrazone groups is 1. The molecule has 3 rings (SSSR count). The molecule has 0 aliphatic heterocycles. The first kappa shape index (κ1) is 26.2. The van der Waals surface area contributed by atoms with Crippen molar-refractivity contribution >= 4 is 51.2 Å². The number of halogens is 2. The lowest BCUT2D eigenvalue weighted by molar-refractivity contribution is -0.121. The lowest BCUT2D eigenvalue weighted by Crippen LogP contribution is -2.18. The Labute approximate surface area is 217 Å². The highest BCUT2D eigenvalue weighted by Crippen LogP contribution is 2.29. The minimum Gasteiger partial charge on any atom is -0.493 e. The van der Waals surface area contributed by atoms with Crippen LogP contribution in [0.4, 0.5) is 5.69 Å². The molecule has 0 bridgehead atoms. The summed E-state index contributed by atoms with van der Waals surface area (Å²) in [5.74, 6) is 0.677. The van der Waals surface area contributed by atoms with Crippen LogP contribution in [-0.4, -0.2) is 25.1 Å². The minimum absolute atomic E-state index is 0.146. The molecule has 3 aromatic carbocycles. The van der Waals surface area contributed by atoms with E-state index < -0.39 is 0 Å². The van der Waals surface area contributed by atoms with E-state index in [4.69, 9.17) is 21.1 Å². The van der Waals surface area contributed by atoms with Gasteiger partial charge in [-0.25, -0.2) is 5.43 Å². The third-order valence-corrected chi connectivity index (χ3v) is 5.76. The van der Waals surface area contributed by atoms with E-state index in [1.807, 2.05) is 36.4 Å². The third-order valence-electron chi connectivity index (χ3n) is 4.87. The fourth-order valence-corrected chi connectivity index (χ4v) is 3.51. The Hall–Kier alpha value is -3.36. The van der Waals surface area contributed by atoms with Gasteiger partial charge in [-0.2, -0.15) is 5.10 Å². The van der Waals surface area contributed by atoms with Crippen LogP contribution in [0.25, 0.3) is 0 Å². The highest BCUT2D eigenvalue weighted by molar-refractivity contribution is 9.10. The Kier molecular flexibility index (Phi) is 10.1. The van der Waals surface area contributed by atoms with Crippen molar-refractivity contribution in [2.24, 2.45) is 5.10 Å². The fourth-order valence-electron chi connectivity index (χ4n) is 3.06. The SMILES string of the molecule is COc1cc(/C=N\NC(=O)CCCC(=O)Nc2ccc(Br)cc2)ccc1OCc1ccccc1Cl. The second-order valence-corrected chi connectivity index (χ2v) is 8.82. The van der Waals surface area contributed by atoms with Crippen molar-refractivity contribution in [3.05, 3.63) is 87.4 Å². The van der Waals surface area contributed by atoms with Gasteiger partial charge in [-0.05, 0) is 60.5 Å². The van der Waals surface area contributed by atoms with Crippen LogP contribution in [0.5, 0.6) is 11.5 Å². The zero-order valence-electron chi connectivity index (χ0n) is 19.1. The number of anilines is 1. The Morgan fingerprint density at radius 1 is 1.00 bits per heavy atom. The molecule has 0 unspecified atom stereocenters. The third kappa shape index (κ3) is 8.73. The molecule has 3 aromatic rings. The fraction of sp³-hybridized carbons (Fsp3) is 0.192. The molecular formula is C26H25BrClN3O4. The molecule has 0 spiro atoms. The van der Waals surface area contributed by atoms with Gasteiger partial charge in [0, 0.05) is 33.6 Å². The molecule has 0 saturated carbocycles. The Bertz CT molecular complexity index is 1190. The standard InChI is InChI=1S/C26H25BrClN3O4/c1-34-24-15-18(9-14-23(24)35-17-19-5-2-3-6-22(19)28)16-29-31-26(33)8-4-7-25(32)30-21-12-10-20(27)11-13-21/h2-3,5-6,9-16H,4,7-8,17H2,1H3,(H,30,32)(H,31,33)/b29-16-. The predicted molar refractivity (Wildman–Crippen MR) is 141 cm³/mol. The second kappa shape index (κ2) is 13.5. The highest BCUT2D eigenvalue weighted by Gasteiger charge is 2.08. The van der Waals surface area contributed by atoms with Gasteiger partial charge in [-0.15, -0.1) is 0 Å². The minimum atomic E-state index is -0.274. The lowest BCUT2D eigenvalue weighted by Gasteiger charge is -2.12. The van der Waals surface area contributed by atoms with E-state index in [2.05, 4.69) is 31.8 Å². The first-order chi connectivity index (χ1) is 16.9. The molecule has 0 aliphatic carbocycles. The molecule has 2 N–H and O–H groups in total. The molecule has 182 valence electrons. The molecule has 0 heterocycles. The quantitative estimate of drug-likeness (QED) is 0.225. The highest BCUT2D eigenvalue weighted by atomic mass is 79.9. The number of carbonyl (C=O) groups is 2. The molecule has 0 aromatic heterocycles. The zero-order valence-corrected chi connectivity index (χ0v) is 21.4. The number of nitrogens with one attached hydrogen (secondary N) is 2. The maximum Gasteiger partial charge on any atom is 0.240 e. The van der Waals surface area contributed by atoms with E-state index in [-0.39, 0.29) is 24.7 Å². The number of amides is 2. The number of methoxy groups -OCH3 is 1. The largest absolute Gasteiger partial charge is 0.493 e. The molecule has 0 aliphatic rings. The Morgan fingerprint density at radius 2 is 1.74 bits per heavy atom. The van der Waals surface area contributed by atoms with Gasteiger partial charge < -0.3 is 14.8 Å². The number of nitrogens with zero attached hydrogens (tertiary/aromatic N) is 1. The van der Waals surface area contributed by atoms with E-state index in [0.717, 1.165) is 15.6 Å². The zero-order chi connectivity index (χ0) is 25.0. The van der Waals surface area contributed by atoms with E-state index >= 15 is 0 Å². The molecule has 0 atom stereocenters. The monoisotopic (exact) mass is 557 g/mol. The molecule has 7 nitrogen and oxygen atoms in total. The van der Waals surface area contributed by atoms with Crippen LogP contribution in [0.1, 0.15) is 30.4 Å². The molecule has 2 amide bonds. The van der Waals surface area contributed by atoms with Crippen molar-refractivity contribution in [1.29, 1.82) is 0 Å². The first-order valence-electron chi connectivity index (χ1n) is 10.9. The number of carbonyl (C=O) groups excluding carboxylic acids is 2. The number of benzene rings is 3. The van der Waals surface area contributed by atoms with Crippen LogP contribution in [0.3, 0.4) is 0 Å². The number of hydrogen-bond donors (Lipinski definition) is 2. The van der Waals surface area contributed by atoms with Gasteiger partial charge in [0.1, 0.15) is 6.61 Å². The van der Waals surface area contributed by atoms with E-state index in [0.29, 0.717) is 35.2 Å². The predicted octanol–water partition coefficient (Wildman–Crippen LogP) is 5.95. The first-order valence-corrected chi connectivity index (χ1v) is 12.0. The summed E-state index contributed by atoms with van der Waals surface area (Å²) >= 11 is 9.52. The number of ether oxygens (including phenoxy) is 2. The van der Waals surface area contributed by atoms with Crippen molar-refractivity contribution < 1.29 is 19.1 Å². The van der Waals surface area contributed by atoms with Gasteiger partial charge in [0.25, 0.3) is 0 Å². The summed E-state index contributed by atoms with van der Waals surface area (Å²) in [4.78, 5) is 24.0. The number of rotatable bonds is 11. The summed E-state index contributed by atoms with van der Waals surface area (Å²) in [6.07, 6.45) is 2.34. The topological polar surface area (TPSA) is 89.0 Å². The van der Waals surface area contributed by atoms with Crippen molar-refractivity contribution in [1.82, 2.24) is 5.43 Å². The van der Waals surface area contributed by atoms with Gasteiger partial charge >= 0.3 is 0 Å². The van der Waals surface area contributed by atoms with Crippen LogP contribution in [-0.2, 0) is 16.2 Å². The summed E-state index contributed by atoms with van der Waals surface area (Å²) in [6, 6.07) is 20.1. The molecule has 0 radical (unpaired) electrons. The average Bonchev–Trinajstić information content (AvgIpc) is 2.85. The summed E-state index contributed by atoms with van der Waals surface area (Å²) in [5.41, 5.74) is 4.78. The van der Waals surface area contributed by atoms with Gasteiger partial charge in [-0.1, -0.05) is 45.7 Å². The van der Waals surface area contributed by atoms with Gasteiger partial charge in [0.05, 0.1) is 13.3 Å². The maximum atomic E-state index is 12.0. The summed E-state index contributed by atoms with van der Waals surface area (Å²) in [6.45, 7) is 0.306. The van der Waals surface area contributed by atoms with Crippen LogP contribution >= 0.6 is 27.5 Å². The lowest BCUT2D eigenvalue weighted by atomic mass is 10.2. The molecule has 35 heavy (non-hydrogen) atoms. The Morgan fingerprint density at radius 3 is 2.49 bits per heavy atom. The van der Waals surface area contributed by atoms with Crippen molar-refractivity contribution in [3.63, 3.8) is 0 Å². The van der Waals surface area contributed by atoms with Crippen molar-refractivity contribution in [2.75, 3.05) is 12.4 Å². The van der Waals surface area contributed by atoms with Crippen LogP contribution in [0, 0.1) is 0 Å². The summed E-state index contributed by atoms with van der Waals surface area (Å²) in [5, 5.41) is 7.41. The molecule has 9 heteroatoms. The van der Waals surface area contributed by atoms with Crippen LogP contribution < -0.4 is 20.2 Å². The van der Waals surface area contributed by atoms with Gasteiger partial charge in [0.15, 0.2) is 11.5 Å². The van der Waals surface area contributed by atoms with E-state index in [1.54, 1.807) is 37.4 Å². The van der Waals surface area contributed by atoms with Gasteiger partial charge in [-0.3, -0.25) is 9.59 Å².